The minimum absolute atomic E-state index is 0.409. The van der Waals surface area contributed by atoms with Gasteiger partial charge in [-0.2, -0.15) is 0 Å². The molecule has 0 aromatic heterocycles. The molecule has 0 aromatic rings. The van der Waals surface area contributed by atoms with Crippen LogP contribution in [0.25, 0.3) is 0 Å². The molecule has 1 N–H and O–H groups in total. The third-order valence-corrected chi connectivity index (χ3v) is 4.37. The van der Waals surface area contributed by atoms with Crippen LogP contribution in [0.15, 0.2) is 0 Å². The summed E-state index contributed by atoms with van der Waals surface area (Å²) in [6, 6.07) is 0.513. The van der Waals surface area contributed by atoms with E-state index in [1.54, 1.807) is 0 Å². The van der Waals surface area contributed by atoms with Gasteiger partial charge in [-0.1, -0.05) is 0 Å². The topological polar surface area (TPSA) is 32.7 Å². The van der Waals surface area contributed by atoms with Crippen molar-refractivity contribution in [2.24, 2.45) is 5.92 Å². The van der Waals surface area contributed by atoms with E-state index in [0.717, 1.165) is 51.9 Å². The molecule has 16 heavy (non-hydrogen) atoms. The highest BCUT2D eigenvalue weighted by Gasteiger charge is 2.37. The molecule has 0 spiro atoms. The highest BCUT2D eigenvalue weighted by Crippen LogP contribution is 2.34. The monoisotopic (exact) mass is 227 g/mol. The number of ether oxygens (including phenoxy) is 1. The van der Waals surface area contributed by atoms with E-state index in [1.165, 1.54) is 0 Å². The van der Waals surface area contributed by atoms with Crippen molar-refractivity contribution < 1.29 is 9.84 Å². The lowest BCUT2D eigenvalue weighted by molar-refractivity contribution is -0.0634. The fraction of sp³-hybridized carbons (Fsp3) is 1.00. The van der Waals surface area contributed by atoms with Crippen LogP contribution in [-0.4, -0.2) is 48.5 Å². The van der Waals surface area contributed by atoms with Crippen LogP contribution in [0.2, 0.25) is 0 Å². The van der Waals surface area contributed by atoms with Crippen LogP contribution in [-0.2, 0) is 4.74 Å². The third-order valence-electron chi connectivity index (χ3n) is 4.37. The van der Waals surface area contributed by atoms with E-state index in [1.807, 2.05) is 0 Å². The zero-order chi connectivity index (χ0) is 11.6. The largest absolute Gasteiger partial charge is 0.390 e. The minimum Gasteiger partial charge on any atom is -0.390 e. The number of rotatable bonds is 2. The predicted octanol–water partition coefficient (Wildman–Crippen LogP) is 1.65. The zero-order valence-corrected chi connectivity index (χ0v) is 10.6. The van der Waals surface area contributed by atoms with Crippen LogP contribution in [0.4, 0.5) is 0 Å². The van der Waals surface area contributed by atoms with E-state index < -0.39 is 5.60 Å². The summed E-state index contributed by atoms with van der Waals surface area (Å²) in [6.45, 7) is 5.02. The van der Waals surface area contributed by atoms with Crippen LogP contribution in [0.3, 0.4) is 0 Å². The van der Waals surface area contributed by atoms with Gasteiger partial charge >= 0.3 is 0 Å². The highest BCUT2D eigenvalue weighted by atomic mass is 16.5. The van der Waals surface area contributed by atoms with Crippen molar-refractivity contribution in [1.29, 1.82) is 0 Å². The molecule has 0 saturated carbocycles. The number of hydrogen-bond donors (Lipinski definition) is 1. The summed E-state index contributed by atoms with van der Waals surface area (Å²) >= 11 is 0. The molecule has 3 heteroatoms. The predicted molar refractivity (Wildman–Crippen MR) is 64.4 cm³/mol. The van der Waals surface area contributed by atoms with Crippen molar-refractivity contribution in [1.82, 2.24) is 4.90 Å². The molecule has 0 aromatic carbocycles. The van der Waals surface area contributed by atoms with Crippen LogP contribution >= 0.6 is 0 Å². The maximum Gasteiger partial charge on any atom is 0.0677 e. The van der Waals surface area contributed by atoms with E-state index in [9.17, 15) is 5.11 Å². The normalized spacial score (nSPS) is 38.8. The molecule has 0 bridgehead atoms. The van der Waals surface area contributed by atoms with Crippen molar-refractivity contribution in [3.05, 3.63) is 0 Å². The van der Waals surface area contributed by atoms with Crippen molar-refractivity contribution >= 4 is 0 Å². The SMILES string of the molecule is CC1CC(O)(CC2CCOCC2)CCN1C. The second kappa shape index (κ2) is 5.03. The van der Waals surface area contributed by atoms with Gasteiger partial charge in [0.05, 0.1) is 5.60 Å². The van der Waals surface area contributed by atoms with Gasteiger partial charge in [-0.25, -0.2) is 0 Å². The molecule has 0 amide bonds. The number of hydrogen-bond acceptors (Lipinski definition) is 3. The van der Waals surface area contributed by atoms with Gasteiger partial charge in [-0.15, -0.1) is 0 Å². The highest BCUT2D eigenvalue weighted by molar-refractivity contribution is 4.91. The van der Waals surface area contributed by atoms with Crippen molar-refractivity contribution in [2.75, 3.05) is 26.8 Å². The Balaban J connectivity index is 1.87. The Morgan fingerprint density at radius 2 is 2.06 bits per heavy atom. The van der Waals surface area contributed by atoms with Crippen molar-refractivity contribution in [3.8, 4) is 0 Å². The molecular formula is C13H25NO2. The maximum absolute atomic E-state index is 10.6. The van der Waals surface area contributed by atoms with E-state index in [2.05, 4.69) is 18.9 Å². The Bertz CT molecular complexity index is 228. The molecule has 2 heterocycles. The summed E-state index contributed by atoms with van der Waals surface area (Å²) in [5.74, 6) is 0.675. The molecular weight excluding hydrogens is 202 g/mol. The first kappa shape index (κ1) is 12.3. The lowest BCUT2D eigenvalue weighted by Gasteiger charge is -2.43. The molecule has 94 valence electrons. The van der Waals surface area contributed by atoms with E-state index >= 15 is 0 Å². The molecule has 3 nitrogen and oxygen atoms in total. The standard InChI is InChI=1S/C13H25NO2/c1-11-9-13(15,5-6-14(11)2)10-12-3-7-16-8-4-12/h11-12,15H,3-10H2,1-2H3. The molecule has 2 aliphatic rings. The number of piperidine rings is 1. The Hall–Kier alpha value is -0.120. The molecule has 2 rings (SSSR count). The molecule has 2 fully saturated rings. The maximum atomic E-state index is 10.6. The summed E-state index contributed by atoms with van der Waals surface area (Å²) in [6.07, 6.45) is 5.11. The second-order valence-electron chi connectivity index (χ2n) is 5.77. The molecule has 2 saturated heterocycles. The summed E-state index contributed by atoms with van der Waals surface area (Å²) in [5, 5.41) is 10.6. The quantitative estimate of drug-likeness (QED) is 0.778. The Labute approximate surface area is 98.8 Å². The first-order chi connectivity index (χ1) is 7.59. The Morgan fingerprint density at radius 3 is 2.69 bits per heavy atom. The molecule has 0 aliphatic carbocycles. The second-order valence-corrected chi connectivity index (χ2v) is 5.77. The van der Waals surface area contributed by atoms with Crippen LogP contribution in [0, 0.1) is 5.92 Å². The lowest BCUT2D eigenvalue weighted by atomic mass is 9.78. The Morgan fingerprint density at radius 1 is 1.38 bits per heavy atom. The summed E-state index contributed by atoms with van der Waals surface area (Å²) in [5.41, 5.74) is -0.409. The van der Waals surface area contributed by atoms with Gasteiger partial charge in [-0.05, 0) is 52.0 Å². The number of aliphatic hydroxyl groups is 1. The molecule has 2 aliphatic heterocycles. The Kier molecular flexibility index (Phi) is 3.88. The van der Waals surface area contributed by atoms with Gasteiger partial charge in [0.1, 0.15) is 0 Å². The number of nitrogens with zero attached hydrogens (tertiary/aromatic N) is 1. The van der Waals surface area contributed by atoms with Gasteiger partial charge in [0.15, 0.2) is 0 Å². The van der Waals surface area contributed by atoms with Crippen LogP contribution < -0.4 is 0 Å². The molecule has 2 atom stereocenters. The van der Waals surface area contributed by atoms with Crippen LogP contribution in [0.5, 0.6) is 0 Å². The van der Waals surface area contributed by atoms with E-state index in [0.29, 0.717) is 12.0 Å². The van der Waals surface area contributed by atoms with E-state index in [-0.39, 0.29) is 0 Å². The van der Waals surface area contributed by atoms with Gasteiger partial charge < -0.3 is 14.7 Å². The first-order valence-corrected chi connectivity index (χ1v) is 6.59. The smallest absolute Gasteiger partial charge is 0.0677 e. The summed E-state index contributed by atoms with van der Waals surface area (Å²) in [7, 11) is 2.15. The van der Waals surface area contributed by atoms with Gasteiger partial charge in [-0.3, -0.25) is 0 Å². The van der Waals surface area contributed by atoms with Gasteiger partial charge in [0.2, 0.25) is 0 Å². The fourth-order valence-electron chi connectivity index (χ4n) is 3.09. The zero-order valence-electron chi connectivity index (χ0n) is 10.6. The number of likely N-dealkylation sites (tertiary alicyclic amines) is 1. The summed E-state index contributed by atoms with van der Waals surface area (Å²) in [4.78, 5) is 2.35. The minimum atomic E-state index is -0.409. The van der Waals surface area contributed by atoms with Crippen molar-refractivity contribution in [2.45, 2.75) is 50.7 Å². The average molecular weight is 227 g/mol. The van der Waals surface area contributed by atoms with Crippen molar-refractivity contribution in [3.63, 3.8) is 0 Å². The fourth-order valence-corrected chi connectivity index (χ4v) is 3.09. The molecule has 2 unspecified atom stereocenters. The average Bonchev–Trinajstić information content (AvgIpc) is 2.25. The first-order valence-electron chi connectivity index (χ1n) is 6.59. The molecule has 0 radical (unpaired) electrons. The lowest BCUT2D eigenvalue weighted by Crippen LogP contribution is -2.48. The summed E-state index contributed by atoms with van der Waals surface area (Å²) < 4.78 is 5.37. The van der Waals surface area contributed by atoms with Gasteiger partial charge in [0.25, 0.3) is 0 Å². The van der Waals surface area contributed by atoms with E-state index in [4.69, 9.17) is 4.74 Å². The third kappa shape index (κ3) is 2.96. The van der Waals surface area contributed by atoms with Crippen LogP contribution in [0.1, 0.15) is 39.0 Å². The van der Waals surface area contributed by atoms with Gasteiger partial charge in [0, 0.05) is 25.8 Å².